The first-order chi connectivity index (χ1) is 7.47. The number of hydrogen-bond acceptors (Lipinski definition) is 6. The highest BCUT2D eigenvalue weighted by molar-refractivity contribution is 5.78. The Morgan fingerprint density at radius 2 is 2.00 bits per heavy atom. The fourth-order valence-corrected chi connectivity index (χ4v) is 1.82. The first-order valence-corrected chi connectivity index (χ1v) is 5.29. The number of aliphatic hydroxyl groups excluding tert-OH is 4. The monoisotopic (exact) mass is 233 g/mol. The Labute approximate surface area is 94.2 Å². The number of oxime groups is 1. The van der Waals surface area contributed by atoms with Gasteiger partial charge in [0.1, 0.15) is 6.10 Å². The Morgan fingerprint density at radius 1 is 1.38 bits per heavy atom. The van der Waals surface area contributed by atoms with Crippen molar-refractivity contribution in [1.82, 2.24) is 0 Å². The number of nitrogens with zero attached hydrogens (tertiary/aromatic N) is 1. The van der Waals surface area contributed by atoms with Gasteiger partial charge >= 0.3 is 0 Å². The molecular formula is C10H19NO5. The smallest absolute Gasteiger partial charge is 0.156 e. The van der Waals surface area contributed by atoms with Crippen molar-refractivity contribution in [2.75, 3.05) is 6.61 Å². The number of aliphatic hydroxyl groups is 4. The van der Waals surface area contributed by atoms with Crippen LogP contribution in [0.15, 0.2) is 5.16 Å². The lowest BCUT2D eigenvalue weighted by atomic mass is 9.99. The zero-order valence-electron chi connectivity index (χ0n) is 9.45. The van der Waals surface area contributed by atoms with Crippen molar-refractivity contribution in [2.45, 2.75) is 44.7 Å². The lowest BCUT2D eigenvalue weighted by Gasteiger charge is -2.19. The minimum atomic E-state index is -1.10. The van der Waals surface area contributed by atoms with Gasteiger partial charge in [-0.2, -0.15) is 0 Å². The summed E-state index contributed by atoms with van der Waals surface area (Å²) in [7, 11) is 0. The molecule has 0 heterocycles. The molecule has 6 nitrogen and oxygen atoms in total. The summed E-state index contributed by atoms with van der Waals surface area (Å²) in [5.74, 6) is -0.586. The van der Waals surface area contributed by atoms with Crippen LogP contribution < -0.4 is 0 Å². The average Bonchev–Trinajstić information content (AvgIpc) is 2.52. The second kappa shape index (κ2) is 5.58. The van der Waals surface area contributed by atoms with E-state index in [-0.39, 0.29) is 6.42 Å². The molecule has 1 aliphatic carbocycles. The second-order valence-electron chi connectivity index (χ2n) is 4.31. The Hall–Kier alpha value is -0.690. The Morgan fingerprint density at radius 3 is 2.50 bits per heavy atom. The Kier molecular flexibility index (Phi) is 4.67. The molecule has 0 aromatic rings. The van der Waals surface area contributed by atoms with Crippen molar-refractivity contribution in [1.29, 1.82) is 0 Å². The molecule has 1 fully saturated rings. The zero-order chi connectivity index (χ0) is 12.3. The van der Waals surface area contributed by atoms with Gasteiger partial charge in [0.25, 0.3) is 0 Å². The van der Waals surface area contributed by atoms with Gasteiger partial charge in [0.15, 0.2) is 6.10 Å². The third-order valence-corrected chi connectivity index (χ3v) is 2.73. The number of hydrogen-bond donors (Lipinski definition) is 4. The van der Waals surface area contributed by atoms with Crippen LogP contribution in [0.5, 0.6) is 0 Å². The molecule has 0 bridgehead atoms. The molecule has 1 aliphatic rings. The highest BCUT2D eigenvalue weighted by atomic mass is 16.6. The maximum absolute atomic E-state index is 9.65. The quantitative estimate of drug-likeness (QED) is 0.363. The molecule has 0 aromatic heterocycles. The largest absolute Gasteiger partial charge is 0.394 e. The van der Waals surface area contributed by atoms with Crippen LogP contribution in [-0.2, 0) is 4.84 Å². The van der Waals surface area contributed by atoms with E-state index < -0.39 is 36.9 Å². The summed E-state index contributed by atoms with van der Waals surface area (Å²) in [6, 6.07) is 0. The molecule has 4 N–H and O–H groups in total. The molecule has 0 radical (unpaired) electrons. The van der Waals surface area contributed by atoms with Crippen LogP contribution in [0, 0.1) is 5.92 Å². The first-order valence-electron chi connectivity index (χ1n) is 5.29. The molecule has 0 spiro atoms. The van der Waals surface area contributed by atoms with Crippen LogP contribution in [0.3, 0.4) is 0 Å². The number of rotatable bonds is 4. The van der Waals surface area contributed by atoms with Crippen molar-refractivity contribution in [2.24, 2.45) is 11.1 Å². The molecule has 0 saturated heterocycles. The summed E-state index contributed by atoms with van der Waals surface area (Å²) >= 11 is 0. The van der Waals surface area contributed by atoms with Crippen molar-refractivity contribution in [3.8, 4) is 0 Å². The molecule has 0 amide bonds. The van der Waals surface area contributed by atoms with Gasteiger partial charge in [-0.05, 0) is 20.3 Å². The minimum Gasteiger partial charge on any atom is -0.394 e. The van der Waals surface area contributed by atoms with Gasteiger partial charge < -0.3 is 25.3 Å². The molecule has 1 rings (SSSR count). The fraction of sp³-hybridized carbons (Fsp3) is 0.900. The lowest BCUT2D eigenvalue weighted by molar-refractivity contribution is -0.0651. The van der Waals surface area contributed by atoms with E-state index in [0.29, 0.717) is 5.71 Å². The lowest BCUT2D eigenvalue weighted by Crippen LogP contribution is -2.36. The van der Waals surface area contributed by atoms with Crippen molar-refractivity contribution < 1.29 is 25.3 Å². The van der Waals surface area contributed by atoms with Gasteiger partial charge in [-0.25, -0.2) is 0 Å². The third kappa shape index (κ3) is 2.91. The van der Waals surface area contributed by atoms with E-state index >= 15 is 0 Å². The van der Waals surface area contributed by atoms with Gasteiger partial charge in [0, 0.05) is 5.92 Å². The predicted molar refractivity (Wildman–Crippen MR) is 56.9 cm³/mol. The van der Waals surface area contributed by atoms with Crippen molar-refractivity contribution in [3.05, 3.63) is 0 Å². The molecule has 94 valence electrons. The van der Waals surface area contributed by atoms with Gasteiger partial charge in [0.2, 0.25) is 0 Å². The van der Waals surface area contributed by atoms with Gasteiger partial charge in [-0.1, -0.05) is 5.16 Å². The predicted octanol–water partition coefficient (Wildman–Crippen LogP) is -1.14. The van der Waals surface area contributed by atoms with E-state index in [1.807, 2.05) is 0 Å². The molecule has 0 aromatic carbocycles. The minimum absolute atomic E-state index is 0.265. The SMILES string of the molecule is CC(C)=NOC1CC(C(O)CO)C(O)C1O. The maximum atomic E-state index is 9.65. The van der Waals surface area contributed by atoms with Crippen LogP contribution in [0.4, 0.5) is 0 Å². The van der Waals surface area contributed by atoms with E-state index in [1.54, 1.807) is 13.8 Å². The molecule has 1 saturated carbocycles. The van der Waals surface area contributed by atoms with Gasteiger partial charge in [-0.15, -0.1) is 0 Å². The molecule has 5 unspecified atom stereocenters. The van der Waals surface area contributed by atoms with Gasteiger partial charge in [0.05, 0.1) is 24.5 Å². The Balaban J connectivity index is 2.60. The van der Waals surface area contributed by atoms with Crippen LogP contribution in [0.1, 0.15) is 20.3 Å². The van der Waals surface area contributed by atoms with E-state index in [0.717, 1.165) is 0 Å². The van der Waals surface area contributed by atoms with E-state index in [4.69, 9.17) is 9.94 Å². The van der Waals surface area contributed by atoms with Crippen molar-refractivity contribution >= 4 is 5.71 Å². The van der Waals surface area contributed by atoms with Crippen molar-refractivity contribution in [3.63, 3.8) is 0 Å². The molecule has 5 atom stereocenters. The summed E-state index contributed by atoms with van der Waals surface area (Å²) in [5.41, 5.74) is 0.702. The third-order valence-electron chi connectivity index (χ3n) is 2.73. The Bertz CT molecular complexity index is 254. The normalized spacial score (nSPS) is 35.9. The highest BCUT2D eigenvalue weighted by Crippen LogP contribution is 2.31. The molecule has 16 heavy (non-hydrogen) atoms. The van der Waals surface area contributed by atoms with Gasteiger partial charge in [-0.3, -0.25) is 0 Å². The topological polar surface area (TPSA) is 103 Å². The van der Waals surface area contributed by atoms with Crippen LogP contribution >= 0.6 is 0 Å². The average molecular weight is 233 g/mol. The highest BCUT2D eigenvalue weighted by Gasteiger charge is 2.46. The molecular weight excluding hydrogens is 214 g/mol. The van der Waals surface area contributed by atoms with E-state index in [9.17, 15) is 15.3 Å². The fourth-order valence-electron chi connectivity index (χ4n) is 1.82. The standard InChI is InChI=1S/C10H19NO5/c1-5(2)11-16-8-3-6(7(13)4-12)9(14)10(8)15/h6-10,12-15H,3-4H2,1-2H3. The summed E-state index contributed by atoms with van der Waals surface area (Å²) < 4.78 is 0. The summed E-state index contributed by atoms with van der Waals surface area (Å²) in [5, 5.41) is 41.2. The molecule has 0 aliphatic heterocycles. The summed E-state index contributed by atoms with van der Waals surface area (Å²) in [6.07, 6.45) is -3.62. The molecule has 6 heteroatoms. The van der Waals surface area contributed by atoms with Crippen LogP contribution in [0.25, 0.3) is 0 Å². The van der Waals surface area contributed by atoms with Crippen LogP contribution in [-0.4, -0.2) is 57.2 Å². The summed E-state index contributed by atoms with van der Waals surface area (Å²) in [6.45, 7) is 3.05. The maximum Gasteiger partial charge on any atom is 0.156 e. The summed E-state index contributed by atoms with van der Waals surface area (Å²) in [4.78, 5) is 5.06. The van der Waals surface area contributed by atoms with E-state index in [1.165, 1.54) is 0 Å². The second-order valence-corrected chi connectivity index (χ2v) is 4.31. The van der Waals surface area contributed by atoms with Crippen LogP contribution in [0.2, 0.25) is 0 Å². The zero-order valence-corrected chi connectivity index (χ0v) is 9.45. The van der Waals surface area contributed by atoms with E-state index in [2.05, 4.69) is 5.16 Å². The first kappa shape index (κ1) is 13.4.